The van der Waals surface area contributed by atoms with Crippen molar-refractivity contribution in [2.45, 2.75) is 58.9 Å². The zero-order chi connectivity index (χ0) is 9.68. The molecule has 1 heteroatoms. The van der Waals surface area contributed by atoms with E-state index in [1.165, 1.54) is 32.1 Å². The van der Waals surface area contributed by atoms with Gasteiger partial charge in [0.15, 0.2) is 0 Å². The molecule has 0 aromatic carbocycles. The highest BCUT2D eigenvalue weighted by Gasteiger charge is 2.27. The van der Waals surface area contributed by atoms with Gasteiger partial charge in [0.25, 0.3) is 0 Å². The van der Waals surface area contributed by atoms with Crippen LogP contribution in [0.3, 0.4) is 0 Å². The zero-order valence-corrected chi connectivity index (χ0v) is 9.47. The first-order valence-electron chi connectivity index (χ1n) is 6.01. The molecule has 0 aromatic heterocycles. The number of rotatable bonds is 6. The lowest BCUT2D eigenvalue weighted by atomic mass is 9.76. The third-order valence-corrected chi connectivity index (χ3v) is 3.54. The molecule has 0 heterocycles. The molecule has 0 bridgehead atoms. The summed E-state index contributed by atoms with van der Waals surface area (Å²) in [4.78, 5) is 0. The minimum Gasteiger partial charge on any atom is -0.314 e. The van der Waals surface area contributed by atoms with Gasteiger partial charge >= 0.3 is 0 Å². The van der Waals surface area contributed by atoms with Crippen molar-refractivity contribution in [3.63, 3.8) is 0 Å². The van der Waals surface area contributed by atoms with Crippen molar-refractivity contribution in [2.24, 2.45) is 11.8 Å². The number of hydrogen-bond donors (Lipinski definition) is 1. The van der Waals surface area contributed by atoms with Crippen molar-refractivity contribution in [3.05, 3.63) is 0 Å². The van der Waals surface area contributed by atoms with Gasteiger partial charge in [-0.05, 0) is 37.6 Å². The molecule has 0 aliphatic heterocycles. The quantitative estimate of drug-likeness (QED) is 0.667. The zero-order valence-electron chi connectivity index (χ0n) is 9.47. The summed E-state index contributed by atoms with van der Waals surface area (Å²) in [6.07, 6.45) is 7.11. The average Bonchev–Trinajstić information content (AvgIpc) is 2.01. The average molecular weight is 183 g/mol. The fourth-order valence-electron chi connectivity index (χ4n) is 2.15. The van der Waals surface area contributed by atoms with Gasteiger partial charge in [-0.2, -0.15) is 0 Å². The lowest BCUT2D eigenvalue weighted by Gasteiger charge is -2.35. The first-order chi connectivity index (χ1) is 6.27. The highest BCUT2D eigenvalue weighted by Crippen LogP contribution is 2.32. The second kappa shape index (κ2) is 5.64. The summed E-state index contributed by atoms with van der Waals surface area (Å²) in [5.41, 5.74) is 0. The van der Waals surface area contributed by atoms with Gasteiger partial charge in [-0.15, -0.1) is 0 Å². The fourth-order valence-corrected chi connectivity index (χ4v) is 2.15. The molecule has 0 spiro atoms. The van der Waals surface area contributed by atoms with Crippen LogP contribution in [0.5, 0.6) is 0 Å². The van der Waals surface area contributed by atoms with Gasteiger partial charge < -0.3 is 5.32 Å². The molecule has 0 amide bonds. The van der Waals surface area contributed by atoms with Crippen molar-refractivity contribution < 1.29 is 0 Å². The Bertz CT molecular complexity index is 129. The van der Waals surface area contributed by atoms with Gasteiger partial charge in [0.05, 0.1) is 0 Å². The molecule has 2 unspecified atom stereocenters. The van der Waals surface area contributed by atoms with Crippen LogP contribution in [-0.2, 0) is 0 Å². The Morgan fingerprint density at radius 2 is 2.00 bits per heavy atom. The minimum atomic E-state index is 0.814. The normalized spacial score (nSPS) is 22.4. The van der Waals surface area contributed by atoms with Crippen molar-refractivity contribution in [2.75, 3.05) is 6.54 Å². The molecule has 2 atom stereocenters. The van der Waals surface area contributed by atoms with Crippen LogP contribution in [0, 0.1) is 11.8 Å². The molecule has 0 radical (unpaired) electrons. The first-order valence-corrected chi connectivity index (χ1v) is 6.01. The Morgan fingerprint density at radius 3 is 2.38 bits per heavy atom. The molecule has 1 N–H and O–H groups in total. The van der Waals surface area contributed by atoms with E-state index in [9.17, 15) is 0 Å². The maximum absolute atomic E-state index is 3.65. The Morgan fingerprint density at radius 1 is 1.31 bits per heavy atom. The van der Waals surface area contributed by atoms with Crippen LogP contribution < -0.4 is 5.32 Å². The highest BCUT2D eigenvalue weighted by molar-refractivity contribution is 4.83. The van der Waals surface area contributed by atoms with Gasteiger partial charge in [-0.25, -0.2) is 0 Å². The molecule has 1 aliphatic rings. The third kappa shape index (κ3) is 3.30. The van der Waals surface area contributed by atoms with Crippen molar-refractivity contribution in [1.29, 1.82) is 0 Å². The van der Waals surface area contributed by atoms with E-state index in [2.05, 4.69) is 26.1 Å². The van der Waals surface area contributed by atoms with Crippen LogP contribution in [-0.4, -0.2) is 12.6 Å². The van der Waals surface area contributed by atoms with Crippen LogP contribution in [0.4, 0.5) is 0 Å². The first kappa shape index (κ1) is 11.0. The molecule has 1 fully saturated rings. The topological polar surface area (TPSA) is 12.0 Å². The van der Waals surface area contributed by atoms with Crippen molar-refractivity contribution in [1.82, 2.24) is 5.32 Å². The number of hydrogen-bond acceptors (Lipinski definition) is 1. The molecule has 1 rings (SSSR count). The van der Waals surface area contributed by atoms with Gasteiger partial charge in [0.2, 0.25) is 0 Å². The molecule has 78 valence electrons. The molecule has 1 nitrogen and oxygen atoms in total. The van der Waals surface area contributed by atoms with E-state index in [4.69, 9.17) is 0 Å². The van der Waals surface area contributed by atoms with E-state index in [0.29, 0.717) is 0 Å². The molecular weight excluding hydrogens is 158 g/mol. The van der Waals surface area contributed by atoms with E-state index in [-0.39, 0.29) is 0 Å². The van der Waals surface area contributed by atoms with E-state index < -0.39 is 0 Å². The Labute approximate surface area is 83.3 Å². The Hall–Kier alpha value is -0.0400. The highest BCUT2D eigenvalue weighted by atomic mass is 14.9. The summed E-state index contributed by atoms with van der Waals surface area (Å²) in [7, 11) is 0. The summed E-state index contributed by atoms with van der Waals surface area (Å²) in [5, 5.41) is 3.65. The van der Waals surface area contributed by atoms with E-state index >= 15 is 0 Å². The summed E-state index contributed by atoms with van der Waals surface area (Å²) in [6, 6.07) is 0.814. The Kier molecular flexibility index (Phi) is 4.79. The predicted molar refractivity (Wildman–Crippen MR) is 58.9 cm³/mol. The van der Waals surface area contributed by atoms with E-state index in [1.807, 2.05) is 0 Å². The fraction of sp³-hybridized carbons (Fsp3) is 1.00. The number of nitrogens with one attached hydrogen (secondary N) is 1. The molecule has 13 heavy (non-hydrogen) atoms. The van der Waals surface area contributed by atoms with E-state index in [0.717, 1.165) is 24.4 Å². The predicted octanol–water partition coefficient (Wildman–Crippen LogP) is 3.20. The monoisotopic (exact) mass is 183 g/mol. The maximum atomic E-state index is 3.65. The molecule has 0 aromatic rings. The van der Waals surface area contributed by atoms with Crippen LogP contribution in [0.2, 0.25) is 0 Å². The summed E-state index contributed by atoms with van der Waals surface area (Å²) < 4.78 is 0. The minimum absolute atomic E-state index is 0.814. The Balaban J connectivity index is 2.28. The second-order valence-electron chi connectivity index (χ2n) is 4.60. The summed E-state index contributed by atoms with van der Waals surface area (Å²) in [6.45, 7) is 8.04. The molecular formula is C12H25N. The van der Waals surface area contributed by atoms with Gasteiger partial charge in [0.1, 0.15) is 0 Å². The van der Waals surface area contributed by atoms with Crippen LogP contribution in [0.15, 0.2) is 0 Å². The summed E-state index contributed by atoms with van der Waals surface area (Å²) >= 11 is 0. The van der Waals surface area contributed by atoms with Crippen LogP contribution >= 0.6 is 0 Å². The lowest BCUT2D eigenvalue weighted by Crippen LogP contribution is -2.40. The molecule has 0 saturated heterocycles. The van der Waals surface area contributed by atoms with E-state index in [1.54, 1.807) is 0 Å². The van der Waals surface area contributed by atoms with Crippen molar-refractivity contribution in [3.8, 4) is 0 Å². The third-order valence-electron chi connectivity index (χ3n) is 3.54. The maximum Gasteiger partial charge on any atom is 0.00977 e. The largest absolute Gasteiger partial charge is 0.314 e. The smallest absolute Gasteiger partial charge is 0.00977 e. The second-order valence-corrected chi connectivity index (χ2v) is 4.60. The molecule has 1 saturated carbocycles. The van der Waals surface area contributed by atoms with Crippen LogP contribution in [0.1, 0.15) is 52.9 Å². The summed E-state index contributed by atoms with van der Waals surface area (Å²) in [5.74, 6) is 1.89. The van der Waals surface area contributed by atoms with Crippen molar-refractivity contribution >= 4 is 0 Å². The van der Waals surface area contributed by atoms with Crippen LogP contribution in [0.25, 0.3) is 0 Å². The van der Waals surface area contributed by atoms with Gasteiger partial charge in [-0.3, -0.25) is 0 Å². The SMILES string of the molecule is CCNC(CC(C)CC)C1CCC1. The standard InChI is InChI=1S/C12H25N/c1-4-10(3)9-12(13-5-2)11-7-6-8-11/h10-13H,4-9H2,1-3H3. The lowest BCUT2D eigenvalue weighted by molar-refractivity contribution is 0.203. The molecule has 1 aliphatic carbocycles. The van der Waals surface area contributed by atoms with Gasteiger partial charge in [-0.1, -0.05) is 33.6 Å². The van der Waals surface area contributed by atoms with Gasteiger partial charge in [0, 0.05) is 6.04 Å².